The molecular weight excluding hydrogens is 262 g/mol. The first-order chi connectivity index (χ1) is 9.90. The number of ether oxygens (including phenoxy) is 1. The van der Waals surface area contributed by atoms with Crippen LogP contribution in [0.15, 0.2) is 22.8 Å². The van der Waals surface area contributed by atoms with Crippen LogP contribution in [0, 0.1) is 16.7 Å². The quantitative estimate of drug-likeness (QED) is 0.880. The summed E-state index contributed by atoms with van der Waals surface area (Å²) < 4.78 is 12.2. The number of hydrogen-bond acceptors (Lipinski definition) is 3. The standard InChI is InChI=1S/C18H29NO2/c1-5-13(19)16(14-7-6-10-20-14)21-15-11-12-8-9-18(15,4)17(12,2)3/h6-7,10,12-13,15-16H,5,8-9,11,19H2,1-4H3. The first kappa shape index (κ1) is 15.1. The Morgan fingerprint density at radius 2 is 2.19 bits per heavy atom. The van der Waals surface area contributed by atoms with E-state index in [0.29, 0.717) is 11.5 Å². The fourth-order valence-corrected chi connectivity index (χ4v) is 4.56. The van der Waals surface area contributed by atoms with Crippen LogP contribution in [0.5, 0.6) is 0 Å². The van der Waals surface area contributed by atoms with Crippen molar-refractivity contribution in [2.75, 3.05) is 0 Å². The molecule has 0 amide bonds. The first-order valence-electron chi connectivity index (χ1n) is 8.34. The van der Waals surface area contributed by atoms with Gasteiger partial charge in [0, 0.05) is 6.04 Å². The number of furan rings is 1. The molecule has 0 aliphatic heterocycles. The van der Waals surface area contributed by atoms with E-state index in [-0.39, 0.29) is 17.6 Å². The van der Waals surface area contributed by atoms with Crippen LogP contribution < -0.4 is 5.73 Å². The van der Waals surface area contributed by atoms with Crippen LogP contribution in [0.2, 0.25) is 0 Å². The van der Waals surface area contributed by atoms with Crippen molar-refractivity contribution in [2.24, 2.45) is 22.5 Å². The average molecular weight is 291 g/mol. The maximum atomic E-state index is 6.56. The summed E-state index contributed by atoms with van der Waals surface area (Å²) >= 11 is 0. The average Bonchev–Trinajstić information content (AvgIpc) is 3.09. The van der Waals surface area contributed by atoms with E-state index in [2.05, 4.69) is 27.7 Å². The van der Waals surface area contributed by atoms with Crippen LogP contribution >= 0.6 is 0 Å². The third-order valence-electron chi connectivity index (χ3n) is 6.71. The number of hydrogen-bond donors (Lipinski definition) is 1. The van der Waals surface area contributed by atoms with Gasteiger partial charge in [-0.25, -0.2) is 0 Å². The van der Waals surface area contributed by atoms with Gasteiger partial charge in [-0.1, -0.05) is 27.7 Å². The lowest BCUT2D eigenvalue weighted by Gasteiger charge is -2.40. The Labute approximate surface area is 128 Å². The van der Waals surface area contributed by atoms with Gasteiger partial charge in [-0.05, 0) is 54.6 Å². The molecule has 2 N–H and O–H groups in total. The topological polar surface area (TPSA) is 48.4 Å². The van der Waals surface area contributed by atoms with E-state index in [1.54, 1.807) is 6.26 Å². The van der Waals surface area contributed by atoms with E-state index < -0.39 is 0 Å². The van der Waals surface area contributed by atoms with Crippen LogP contribution in [0.3, 0.4) is 0 Å². The number of rotatable bonds is 5. The molecular formula is C18H29NO2. The molecule has 0 radical (unpaired) electrons. The van der Waals surface area contributed by atoms with Gasteiger partial charge in [-0.3, -0.25) is 0 Å². The largest absolute Gasteiger partial charge is 0.467 e. The van der Waals surface area contributed by atoms with Crippen molar-refractivity contribution in [1.82, 2.24) is 0 Å². The molecule has 2 saturated carbocycles. The van der Waals surface area contributed by atoms with Crippen LogP contribution in [0.4, 0.5) is 0 Å². The molecule has 3 heteroatoms. The predicted molar refractivity (Wildman–Crippen MR) is 83.8 cm³/mol. The maximum Gasteiger partial charge on any atom is 0.134 e. The van der Waals surface area contributed by atoms with Gasteiger partial charge in [0.1, 0.15) is 11.9 Å². The highest BCUT2D eigenvalue weighted by atomic mass is 16.5. The Hall–Kier alpha value is -0.800. The van der Waals surface area contributed by atoms with Gasteiger partial charge >= 0.3 is 0 Å². The molecule has 118 valence electrons. The fraction of sp³-hybridized carbons (Fsp3) is 0.778. The lowest BCUT2D eigenvalue weighted by molar-refractivity contribution is -0.102. The van der Waals surface area contributed by atoms with Gasteiger partial charge in [0.25, 0.3) is 0 Å². The van der Waals surface area contributed by atoms with E-state index in [1.165, 1.54) is 12.8 Å². The second-order valence-corrected chi connectivity index (χ2v) is 7.74. The molecule has 1 aromatic heterocycles. The van der Waals surface area contributed by atoms with Crippen molar-refractivity contribution in [3.05, 3.63) is 24.2 Å². The molecule has 2 fully saturated rings. The molecule has 2 aliphatic rings. The Morgan fingerprint density at radius 3 is 2.67 bits per heavy atom. The maximum absolute atomic E-state index is 6.56. The van der Waals surface area contributed by atoms with Crippen molar-refractivity contribution in [3.63, 3.8) is 0 Å². The third-order valence-corrected chi connectivity index (χ3v) is 6.71. The highest BCUT2D eigenvalue weighted by Gasteiger charge is 2.62. The summed E-state index contributed by atoms with van der Waals surface area (Å²) in [7, 11) is 0. The summed E-state index contributed by atoms with van der Waals surface area (Å²) in [5.74, 6) is 1.65. The highest BCUT2D eigenvalue weighted by molar-refractivity contribution is 5.13. The van der Waals surface area contributed by atoms with Crippen molar-refractivity contribution in [2.45, 2.75) is 71.6 Å². The van der Waals surface area contributed by atoms with Crippen LogP contribution in [0.1, 0.15) is 65.2 Å². The monoisotopic (exact) mass is 291 g/mol. The SMILES string of the molecule is CCC(N)C(OC1CC2CCC1(C)C2(C)C)c1ccco1. The van der Waals surface area contributed by atoms with E-state index >= 15 is 0 Å². The Balaban J connectivity index is 1.82. The van der Waals surface area contributed by atoms with E-state index in [9.17, 15) is 0 Å². The van der Waals surface area contributed by atoms with Gasteiger partial charge in [0.2, 0.25) is 0 Å². The molecule has 5 unspecified atom stereocenters. The summed E-state index contributed by atoms with van der Waals surface area (Å²) in [6, 6.07) is 3.89. The van der Waals surface area contributed by atoms with Gasteiger partial charge in [-0.2, -0.15) is 0 Å². The first-order valence-corrected chi connectivity index (χ1v) is 8.34. The van der Waals surface area contributed by atoms with Crippen LogP contribution in [0.25, 0.3) is 0 Å². The summed E-state index contributed by atoms with van der Waals surface area (Å²) in [6.07, 6.45) is 6.54. The van der Waals surface area contributed by atoms with Gasteiger partial charge in [0.15, 0.2) is 0 Å². The van der Waals surface area contributed by atoms with Crippen molar-refractivity contribution < 1.29 is 9.15 Å². The molecule has 0 aromatic carbocycles. The van der Waals surface area contributed by atoms with E-state index in [0.717, 1.165) is 24.5 Å². The predicted octanol–water partition coefficient (Wildman–Crippen LogP) is 4.29. The van der Waals surface area contributed by atoms with Crippen molar-refractivity contribution in [1.29, 1.82) is 0 Å². The molecule has 1 aromatic rings. The molecule has 2 aliphatic carbocycles. The third kappa shape index (κ3) is 2.17. The second-order valence-electron chi connectivity index (χ2n) is 7.74. The molecule has 2 bridgehead atoms. The Kier molecular flexibility index (Phi) is 3.69. The minimum atomic E-state index is -0.123. The molecule has 0 saturated heterocycles. The molecule has 1 heterocycles. The number of nitrogens with two attached hydrogens (primary N) is 1. The Morgan fingerprint density at radius 1 is 1.43 bits per heavy atom. The highest BCUT2D eigenvalue weighted by Crippen LogP contribution is 2.66. The zero-order valence-corrected chi connectivity index (χ0v) is 13.8. The zero-order valence-electron chi connectivity index (χ0n) is 13.8. The minimum absolute atomic E-state index is 0.0120. The van der Waals surface area contributed by atoms with Crippen LogP contribution in [-0.2, 0) is 4.74 Å². The minimum Gasteiger partial charge on any atom is -0.467 e. The van der Waals surface area contributed by atoms with Gasteiger partial charge in [0.05, 0.1) is 12.4 Å². The lowest BCUT2D eigenvalue weighted by atomic mass is 9.70. The molecule has 0 spiro atoms. The van der Waals surface area contributed by atoms with Gasteiger partial charge < -0.3 is 14.9 Å². The van der Waals surface area contributed by atoms with Crippen molar-refractivity contribution >= 4 is 0 Å². The zero-order chi connectivity index (χ0) is 15.3. The van der Waals surface area contributed by atoms with Gasteiger partial charge in [-0.15, -0.1) is 0 Å². The van der Waals surface area contributed by atoms with Crippen molar-refractivity contribution in [3.8, 4) is 0 Å². The number of fused-ring (bicyclic) bond motifs is 2. The molecule has 5 atom stereocenters. The summed E-state index contributed by atoms with van der Waals surface area (Å²) in [5, 5.41) is 0. The summed E-state index contributed by atoms with van der Waals surface area (Å²) in [6.45, 7) is 9.34. The summed E-state index contributed by atoms with van der Waals surface area (Å²) in [5.41, 5.74) is 6.93. The van der Waals surface area contributed by atoms with E-state index in [1.807, 2.05) is 12.1 Å². The fourth-order valence-electron chi connectivity index (χ4n) is 4.56. The second kappa shape index (κ2) is 5.13. The lowest BCUT2D eigenvalue weighted by Crippen LogP contribution is -2.40. The smallest absolute Gasteiger partial charge is 0.134 e. The van der Waals surface area contributed by atoms with E-state index in [4.69, 9.17) is 14.9 Å². The Bertz CT molecular complexity index is 481. The van der Waals surface area contributed by atoms with Crippen LogP contribution in [-0.4, -0.2) is 12.1 Å². The molecule has 21 heavy (non-hydrogen) atoms. The molecule has 3 nitrogen and oxygen atoms in total. The molecule has 3 rings (SSSR count). The normalized spacial score (nSPS) is 36.8. The summed E-state index contributed by atoms with van der Waals surface area (Å²) in [4.78, 5) is 0.